The highest BCUT2D eigenvalue weighted by molar-refractivity contribution is 6.11. The second-order valence-electron chi connectivity index (χ2n) is 6.59. The van der Waals surface area contributed by atoms with Gasteiger partial charge in [0, 0.05) is 25.0 Å². The zero-order chi connectivity index (χ0) is 17.4. The third-order valence-electron chi connectivity index (χ3n) is 4.64. The highest BCUT2D eigenvalue weighted by atomic mass is 16.1. The van der Waals surface area contributed by atoms with Gasteiger partial charge >= 0.3 is 0 Å². The Labute approximate surface area is 145 Å². The molecule has 1 aliphatic heterocycles. The van der Waals surface area contributed by atoms with Gasteiger partial charge in [-0.1, -0.05) is 0 Å². The lowest BCUT2D eigenvalue weighted by atomic mass is 10.2. The molecule has 0 aromatic carbocycles. The molecule has 3 heterocycles. The van der Waals surface area contributed by atoms with Gasteiger partial charge in [-0.25, -0.2) is 9.50 Å². The quantitative estimate of drug-likeness (QED) is 0.574. The van der Waals surface area contributed by atoms with Crippen molar-refractivity contribution in [2.24, 2.45) is 11.7 Å². The number of rotatable bonds is 4. The van der Waals surface area contributed by atoms with Crippen LogP contribution in [0, 0.1) is 11.3 Å². The molecule has 2 aromatic rings. The zero-order valence-electron chi connectivity index (χ0n) is 13.9. The molecule has 1 aliphatic carbocycles. The van der Waals surface area contributed by atoms with Crippen molar-refractivity contribution >= 4 is 23.2 Å². The molecule has 0 unspecified atom stereocenters. The van der Waals surface area contributed by atoms with Gasteiger partial charge in [-0.05, 0) is 43.7 Å². The van der Waals surface area contributed by atoms with Gasteiger partial charge in [0.05, 0.1) is 6.20 Å². The van der Waals surface area contributed by atoms with Crippen LogP contribution >= 0.6 is 0 Å². The SMILES string of the molecule is N=C(C=C(N)C1CC1)NC(=O)c1cnn2ccc(N3CCCC3)nc12. The number of anilines is 1. The molecule has 1 saturated carbocycles. The highest BCUT2D eigenvalue weighted by Crippen LogP contribution is 2.33. The van der Waals surface area contributed by atoms with Gasteiger partial charge in [0.2, 0.25) is 0 Å². The number of nitrogens with one attached hydrogen (secondary N) is 2. The summed E-state index contributed by atoms with van der Waals surface area (Å²) >= 11 is 0. The van der Waals surface area contributed by atoms with Crippen LogP contribution in [0.15, 0.2) is 30.2 Å². The molecule has 8 heteroatoms. The molecule has 8 nitrogen and oxygen atoms in total. The molecule has 0 spiro atoms. The zero-order valence-corrected chi connectivity index (χ0v) is 13.9. The Morgan fingerprint density at radius 2 is 2.12 bits per heavy atom. The van der Waals surface area contributed by atoms with Crippen molar-refractivity contribution in [3.8, 4) is 0 Å². The molecule has 0 radical (unpaired) electrons. The molecular weight excluding hydrogens is 318 g/mol. The first-order valence-corrected chi connectivity index (χ1v) is 8.58. The van der Waals surface area contributed by atoms with Gasteiger partial charge in [-0.2, -0.15) is 5.10 Å². The normalized spacial score (nSPS) is 17.9. The Balaban J connectivity index is 1.55. The van der Waals surface area contributed by atoms with Crippen LogP contribution < -0.4 is 16.0 Å². The van der Waals surface area contributed by atoms with E-state index in [9.17, 15) is 4.79 Å². The van der Waals surface area contributed by atoms with E-state index < -0.39 is 5.91 Å². The van der Waals surface area contributed by atoms with E-state index in [1.54, 1.807) is 4.52 Å². The van der Waals surface area contributed by atoms with Crippen molar-refractivity contribution in [1.29, 1.82) is 5.41 Å². The molecule has 1 amide bonds. The van der Waals surface area contributed by atoms with Crippen molar-refractivity contribution in [2.75, 3.05) is 18.0 Å². The maximum atomic E-state index is 12.5. The summed E-state index contributed by atoms with van der Waals surface area (Å²) in [6.45, 7) is 1.96. The van der Waals surface area contributed by atoms with Gasteiger partial charge < -0.3 is 16.0 Å². The molecule has 4 rings (SSSR count). The number of aromatic nitrogens is 3. The minimum atomic E-state index is -0.397. The lowest BCUT2D eigenvalue weighted by Gasteiger charge is -2.16. The summed E-state index contributed by atoms with van der Waals surface area (Å²) in [4.78, 5) is 19.3. The lowest BCUT2D eigenvalue weighted by molar-refractivity contribution is 0.0978. The van der Waals surface area contributed by atoms with E-state index in [1.807, 2.05) is 12.3 Å². The molecule has 25 heavy (non-hydrogen) atoms. The maximum absolute atomic E-state index is 12.5. The summed E-state index contributed by atoms with van der Waals surface area (Å²) in [5, 5.41) is 14.7. The second-order valence-corrected chi connectivity index (χ2v) is 6.59. The van der Waals surface area contributed by atoms with Gasteiger partial charge in [0.1, 0.15) is 17.2 Å². The van der Waals surface area contributed by atoms with Crippen LogP contribution in [0.2, 0.25) is 0 Å². The standard InChI is InChI=1S/C17H21N7O/c18-13(11-3-4-11)9-14(19)21-17(25)12-10-20-24-8-5-15(22-16(12)24)23-6-1-2-7-23/h5,8-11H,1-4,6-7,18H2,(H2,19,21,25). The van der Waals surface area contributed by atoms with Crippen LogP contribution in [-0.4, -0.2) is 39.4 Å². The van der Waals surface area contributed by atoms with E-state index in [0.717, 1.165) is 44.6 Å². The number of amides is 1. The smallest absolute Gasteiger partial charge is 0.262 e. The molecular formula is C17H21N7O. The van der Waals surface area contributed by atoms with E-state index in [-0.39, 0.29) is 5.84 Å². The first-order chi connectivity index (χ1) is 12.1. The third-order valence-corrected chi connectivity index (χ3v) is 4.64. The number of carbonyl (C=O) groups excluding carboxylic acids is 1. The van der Waals surface area contributed by atoms with Crippen molar-refractivity contribution < 1.29 is 4.79 Å². The van der Waals surface area contributed by atoms with Crippen LogP contribution in [0.5, 0.6) is 0 Å². The van der Waals surface area contributed by atoms with Crippen LogP contribution in [0.4, 0.5) is 5.82 Å². The fourth-order valence-corrected chi connectivity index (χ4v) is 3.07. The van der Waals surface area contributed by atoms with E-state index in [0.29, 0.717) is 22.8 Å². The summed E-state index contributed by atoms with van der Waals surface area (Å²) < 4.78 is 1.58. The Hall–Kier alpha value is -2.90. The average molecular weight is 339 g/mol. The first kappa shape index (κ1) is 15.6. The van der Waals surface area contributed by atoms with Crippen molar-refractivity contribution in [1.82, 2.24) is 19.9 Å². The predicted molar refractivity (Wildman–Crippen MR) is 94.6 cm³/mol. The molecule has 130 valence electrons. The predicted octanol–water partition coefficient (Wildman–Crippen LogP) is 1.29. The number of nitrogens with zero attached hydrogens (tertiary/aromatic N) is 4. The number of allylic oxidation sites excluding steroid dienone is 1. The molecule has 4 N–H and O–H groups in total. The van der Waals surface area contributed by atoms with E-state index >= 15 is 0 Å². The number of fused-ring (bicyclic) bond motifs is 1. The lowest BCUT2D eigenvalue weighted by Crippen LogP contribution is -2.29. The van der Waals surface area contributed by atoms with Crippen LogP contribution in [0.25, 0.3) is 5.65 Å². The molecule has 0 bridgehead atoms. The van der Waals surface area contributed by atoms with Gasteiger partial charge in [0.25, 0.3) is 5.91 Å². The fourth-order valence-electron chi connectivity index (χ4n) is 3.07. The summed E-state index contributed by atoms with van der Waals surface area (Å²) in [5.74, 6) is 0.807. The van der Waals surface area contributed by atoms with Gasteiger partial charge in [-0.15, -0.1) is 0 Å². The minimum absolute atomic E-state index is 0.00977. The summed E-state index contributed by atoms with van der Waals surface area (Å²) in [5.41, 5.74) is 7.39. The fraction of sp³-hybridized carbons (Fsp3) is 0.412. The topological polar surface area (TPSA) is 112 Å². The Morgan fingerprint density at radius 1 is 1.36 bits per heavy atom. The van der Waals surface area contributed by atoms with Gasteiger partial charge in [-0.3, -0.25) is 10.2 Å². The number of carbonyl (C=O) groups is 1. The van der Waals surface area contributed by atoms with Crippen molar-refractivity contribution in [3.63, 3.8) is 0 Å². The number of hydrogen-bond donors (Lipinski definition) is 3. The van der Waals surface area contributed by atoms with E-state index in [2.05, 4.69) is 20.3 Å². The number of hydrogen-bond acceptors (Lipinski definition) is 6. The molecule has 2 fully saturated rings. The Bertz CT molecular complexity index is 859. The molecule has 0 atom stereocenters. The molecule has 2 aromatic heterocycles. The third kappa shape index (κ3) is 3.19. The largest absolute Gasteiger partial charge is 0.402 e. The van der Waals surface area contributed by atoms with Crippen LogP contribution in [-0.2, 0) is 0 Å². The molecule has 2 aliphatic rings. The van der Waals surface area contributed by atoms with E-state index in [1.165, 1.54) is 12.3 Å². The monoisotopic (exact) mass is 339 g/mol. The van der Waals surface area contributed by atoms with Crippen LogP contribution in [0.3, 0.4) is 0 Å². The highest BCUT2D eigenvalue weighted by Gasteiger charge is 2.24. The number of amidine groups is 1. The number of nitrogens with two attached hydrogens (primary N) is 1. The summed E-state index contributed by atoms with van der Waals surface area (Å²) in [6.07, 6.45) is 9.23. The minimum Gasteiger partial charge on any atom is -0.402 e. The summed E-state index contributed by atoms with van der Waals surface area (Å²) in [7, 11) is 0. The second kappa shape index (κ2) is 6.19. The first-order valence-electron chi connectivity index (χ1n) is 8.58. The average Bonchev–Trinajstić information content (AvgIpc) is 3.14. The van der Waals surface area contributed by atoms with Crippen molar-refractivity contribution in [3.05, 3.63) is 35.8 Å². The Morgan fingerprint density at radius 3 is 2.84 bits per heavy atom. The van der Waals surface area contributed by atoms with E-state index in [4.69, 9.17) is 11.1 Å². The Kier molecular flexibility index (Phi) is 3.87. The van der Waals surface area contributed by atoms with Gasteiger partial charge in [0.15, 0.2) is 5.65 Å². The summed E-state index contributed by atoms with van der Waals surface area (Å²) in [6, 6.07) is 1.91. The molecule has 1 saturated heterocycles. The van der Waals surface area contributed by atoms with Crippen molar-refractivity contribution in [2.45, 2.75) is 25.7 Å². The maximum Gasteiger partial charge on any atom is 0.262 e. The van der Waals surface area contributed by atoms with Crippen LogP contribution in [0.1, 0.15) is 36.0 Å².